The van der Waals surface area contributed by atoms with E-state index in [-0.39, 0.29) is 23.9 Å². The lowest BCUT2D eigenvalue weighted by Crippen LogP contribution is -2.49. The molecule has 0 fully saturated rings. The van der Waals surface area contributed by atoms with Crippen molar-refractivity contribution in [3.63, 3.8) is 0 Å². The van der Waals surface area contributed by atoms with Crippen molar-refractivity contribution < 1.29 is 19.2 Å². The van der Waals surface area contributed by atoms with Gasteiger partial charge in [-0.05, 0) is 31.0 Å². The smallest absolute Gasteiger partial charge is 0.271 e. The van der Waals surface area contributed by atoms with Crippen LogP contribution >= 0.6 is 0 Å². The molecule has 10 heteroatoms. The lowest BCUT2D eigenvalue weighted by atomic mass is 10.1. The van der Waals surface area contributed by atoms with Gasteiger partial charge in [-0.2, -0.15) is 0 Å². The van der Waals surface area contributed by atoms with Crippen molar-refractivity contribution in [1.82, 2.24) is 4.98 Å². The third-order valence-electron chi connectivity index (χ3n) is 4.31. The van der Waals surface area contributed by atoms with Gasteiger partial charge in [0, 0.05) is 12.1 Å². The average molecular weight is 385 g/mol. The number of ether oxygens (including phenoxy) is 1. The molecule has 2 heterocycles. The first kappa shape index (κ1) is 19.1. The van der Waals surface area contributed by atoms with E-state index in [4.69, 9.17) is 10.5 Å². The second-order valence-electron chi connectivity index (χ2n) is 6.30. The van der Waals surface area contributed by atoms with E-state index in [1.807, 2.05) is 0 Å². The van der Waals surface area contributed by atoms with Gasteiger partial charge in [0.1, 0.15) is 12.4 Å². The van der Waals surface area contributed by atoms with E-state index in [1.165, 1.54) is 23.1 Å². The minimum Gasteiger partial charge on any atom is -0.477 e. The largest absolute Gasteiger partial charge is 0.477 e. The predicted octanol–water partition coefficient (Wildman–Crippen LogP) is 2.02. The molecule has 1 aromatic heterocycles. The number of nitrogens with two attached hydrogens (primary N) is 1. The van der Waals surface area contributed by atoms with Crippen LogP contribution in [0.4, 0.5) is 23.0 Å². The standard InChI is InChI=1S/C18H19N5O5/c1-3-13-18(25)22(17-14(28-13)6-7-15(19)21-17)9-16(24)20-12-8-11(23(26)27)5-4-10(12)2/h4-8,13H,3,9H2,1-2H3,(H2,19,21)(H,20,24). The summed E-state index contributed by atoms with van der Waals surface area (Å²) in [4.78, 5) is 41.0. The molecule has 1 atom stereocenters. The maximum atomic E-state index is 12.7. The fraction of sp³-hybridized carbons (Fsp3) is 0.278. The highest BCUT2D eigenvalue weighted by molar-refractivity contribution is 6.05. The van der Waals surface area contributed by atoms with Gasteiger partial charge in [0.2, 0.25) is 5.91 Å². The summed E-state index contributed by atoms with van der Waals surface area (Å²) in [6, 6.07) is 7.31. The molecule has 1 aromatic carbocycles. The number of rotatable bonds is 5. The molecule has 3 N–H and O–H groups in total. The van der Waals surface area contributed by atoms with Crippen molar-refractivity contribution in [2.45, 2.75) is 26.4 Å². The molecule has 0 aliphatic carbocycles. The van der Waals surface area contributed by atoms with Crippen LogP contribution in [0.1, 0.15) is 18.9 Å². The molecule has 10 nitrogen and oxygen atoms in total. The van der Waals surface area contributed by atoms with Gasteiger partial charge in [0.25, 0.3) is 11.6 Å². The minimum absolute atomic E-state index is 0.144. The number of hydrogen-bond donors (Lipinski definition) is 2. The normalized spacial score (nSPS) is 15.6. The highest BCUT2D eigenvalue weighted by Gasteiger charge is 2.35. The Morgan fingerprint density at radius 1 is 1.39 bits per heavy atom. The number of nitrogens with one attached hydrogen (secondary N) is 1. The molecule has 0 saturated heterocycles. The molecule has 1 unspecified atom stereocenters. The Balaban J connectivity index is 1.85. The van der Waals surface area contributed by atoms with Crippen LogP contribution in [0, 0.1) is 17.0 Å². The molecule has 0 bridgehead atoms. The highest BCUT2D eigenvalue weighted by atomic mass is 16.6. The number of nitro groups is 1. The van der Waals surface area contributed by atoms with Gasteiger partial charge in [0.15, 0.2) is 17.7 Å². The molecule has 3 rings (SSSR count). The van der Waals surface area contributed by atoms with E-state index < -0.39 is 22.8 Å². The number of hydrogen-bond acceptors (Lipinski definition) is 7. The molecular weight excluding hydrogens is 366 g/mol. The van der Waals surface area contributed by atoms with Gasteiger partial charge >= 0.3 is 0 Å². The van der Waals surface area contributed by atoms with Crippen molar-refractivity contribution in [2.75, 3.05) is 22.5 Å². The Kier molecular flexibility index (Phi) is 5.12. The third kappa shape index (κ3) is 3.70. The molecule has 0 spiro atoms. The van der Waals surface area contributed by atoms with Crippen LogP contribution in [0.3, 0.4) is 0 Å². The predicted molar refractivity (Wildman–Crippen MR) is 102 cm³/mol. The summed E-state index contributed by atoms with van der Waals surface area (Å²) in [5.74, 6) is -0.214. The molecule has 2 amide bonds. The van der Waals surface area contributed by atoms with E-state index in [2.05, 4.69) is 10.3 Å². The van der Waals surface area contributed by atoms with Crippen molar-refractivity contribution in [1.29, 1.82) is 0 Å². The zero-order valence-electron chi connectivity index (χ0n) is 15.3. The maximum Gasteiger partial charge on any atom is 0.271 e. The number of aromatic nitrogens is 1. The minimum atomic E-state index is -0.731. The van der Waals surface area contributed by atoms with Crippen LogP contribution in [0.25, 0.3) is 0 Å². The van der Waals surface area contributed by atoms with Gasteiger partial charge in [0.05, 0.1) is 10.6 Å². The number of nitro benzene ring substituents is 1. The first-order valence-corrected chi connectivity index (χ1v) is 8.59. The first-order chi connectivity index (χ1) is 13.3. The van der Waals surface area contributed by atoms with E-state index >= 15 is 0 Å². The second-order valence-corrected chi connectivity index (χ2v) is 6.30. The summed E-state index contributed by atoms with van der Waals surface area (Å²) in [5.41, 5.74) is 6.52. The Hall–Kier alpha value is -3.69. The Morgan fingerprint density at radius 3 is 2.82 bits per heavy atom. The van der Waals surface area contributed by atoms with Crippen LogP contribution in [0.2, 0.25) is 0 Å². The van der Waals surface area contributed by atoms with Gasteiger partial charge in [-0.3, -0.25) is 24.6 Å². The van der Waals surface area contributed by atoms with Gasteiger partial charge < -0.3 is 15.8 Å². The number of carbonyl (C=O) groups is 2. The summed E-state index contributed by atoms with van der Waals surface area (Å²) in [5, 5.41) is 13.6. The van der Waals surface area contributed by atoms with Crippen LogP contribution in [-0.4, -0.2) is 34.4 Å². The molecule has 146 valence electrons. The summed E-state index contributed by atoms with van der Waals surface area (Å²) in [7, 11) is 0. The fourth-order valence-electron chi connectivity index (χ4n) is 2.82. The number of nitrogen functional groups attached to an aromatic ring is 1. The third-order valence-corrected chi connectivity index (χ3v) is 4.31. The molecule has 1 aliphatic heterocycles. The average Bonchev–Trinajstić information content (AvgIpc) is 2.65. The number of amides is 2. The summed E-state index contributed by atoms with van der Waals surface area (Å²) >= 11 is 0. The molecule has 1 aliphatic rings. The lowest BCUT2D eigenvalue weighted by molar-refractivity contribution is -0.384. The number of pyridine rings is 1. The molecular formula is C18H19N5O5. The Labute approximate surface area is 160 Å². The van der Waals surface area contributed by atoms with Crippen molar-refractivity contribution in [2.24, 2.45) is 0 Å². The first-order valence-electron chi connectivity index (χ1n) is 8.59. The monoisotopic (exact) mass is 385 g/mol. The van der Waals surface area contributed by atoms with E-state index in [9.17, 15) is 19.7 Å². The van der Waals surface area contributed by atoms with Crippen molar-refractivity contribution >= 4 is 34.8 Å². The lowest BCUT2D eigenvalue weighted by Gasteiger charge is -2.32. The zero-order chi connectivity index (χ0) is 20.4. The number of benzene rings is 1. The highest BCUT2D eigenvalue weighted by Crippen LogP contribution is 2.33. The van der Waals surface area contributed by atoms with Gasteiger partial charge in [-0.1, -0.05) is 13.0 Å². The Morgan fingerprint density at radius 2 is 2.14 bits per heavy atom. The Bertz CT molecular complexity index is 961. The summed E-state index contributed by atoms with van der Waals surface area (Å²) in [6.45, 7) is 3.18. The fourth-order valence-corrected chi connectivity index (χ4v) is 2.82. The molecule has 0 radical (unpaired) electrons. The maximum absolute atomic E-state index is 12.7. The SMILES string of the molecule is CCC1Oc2ccc(N)nc2N(CC(=O)Nc2cc([N+](=O)[O-])ccc2C)C1=O. The number of non-ortho nitro benzene ring substituents is 1. The molecule has 2 aromatic rings. The van der Waals surface area contributed by atoms with E-state index in [0.717, 1.165) is 0 Å². The number of nitrogens with zero attached hydrogens (tertiary/aromatic N) is 3. The van der Waals surface area contributed by atoms with E-state index in [1.54, 1.807) is 26.0 Å². The van der Waals surface area contributed by atoms with Crippen LogP contribution in [0.15, 0.2) is 30.3 Å². The quantitative estimate of drug-likeness (QED) is 0.592. The molecule has 0 saturated carbocycles. The van der Waals surface area contributed by atoms with Gasteiger partial charge in [-0.25, -0.2) is 4.98 Å². The van der Waals surface area contributed by atoms with Crippen LogP contribution in [0.5, 0.6) is 5.75 Å². The number of aryl methyl sites for hydroxylation is 1. The number of anilines is 3. The van der Waals surface area contributed by atoms with E-state index in [0.29, 0.717) is 23.4 Å². The second kappa shape index (κ2) is 7.51. The van der Waals surface area contributed by atoms with Crippen molar-refractivity contribution in [3.8, 4) is 5.75 Å². The van der Waals surface area contributed by atoms with Crippen LogP contribution in [-0.2, 0) is 9.59 Å². The van der Waals surface area contributed by atoms with Gasteiger partial charge in [-0.15, -0.1) is 0 Å². The zero-order valence-corrected chi connectivity index (χ0v) is 15.3. The number of carbonyl (C=O) groups excluding carboxylic acids is 2. The summed E-state index contributed by atoms with van der Waals surface area (Å²) in [6.07, 6.45) is -0.310. The van der Waals surface area contributed by atoms with Crippen LogP contribution < -0.4 is 20.7 Å². The topological polar surface area (TPSA) is 141 Å². The van der Waals surface area contributed by atoms with Crippen molar-refractivity contribution in [3.05, 3.63) is 46.0 Å². The summed E-state index contributed by atoms with van der Waals surface area (Å²) < 4.78 is 5.62. The number of fused-ring (bicyclic) bond motifs is 1. The molecule has 28 heavy (non-hydrogen) atoms.